The highest BCUT2D eigenvalue weighted by Gasteiger charge is 2.47. The third-order valence-corrected chi connectivity index (χ3v) is 4.53. The lowest BCUT2D eigenvalue weighted by molar-refractivity contribution is -0.151. The summed E-state index contributed by atoms with van der Waals surface area (Å²) in [6.07, 6.45) is 2.00. The first kappa shape index (κ1) is 15.0. The van der Waals surface area contributed by atoms with Gasteiger partial charge in [-0.15, -0.1) is 0 Å². The van der Waals surface area contributed by atoms with Gasteiger partial charge in [0.05, 0.1) is 19.2 Å². The van der Waals surface area contributed by atoms with Crippen LogP contribution in [0.15, 0.2) is 0 Å². The average molecular weight is 303 g/mol. The van der Waals surface area contributed by atoms with Crippen LogP contribution in [0.3, 0.4) is 0 Å². The molecule has 118 valence electrons. The molecule has 0 bridgehead atoms. The van der Waals surface area contributed by atoms with Crippen LogP contribution in [-0.2, 0) is 9.53 Å². The lowest BCUT2D eigenvalue weighted by atomic mass is 9.69. The Kier molecular flexibility index (Phi) is 3.87. The molecule has 2 heterocycles. The van der Waals surface area contributed by atoms with Crippen molar-refractivity contribution < 1.29 is 9.53 Å². The van der Waals surface area contributed by atoms with Crippen molar-refractivity contribution >= 4 is 5.91 Å². The third-order valence-electron chi connectivity index (χ3n) is 4.53. The van der Waals surface area contributed by atoms with Gasteiger partial charge in [0.2, 0.25) is 5.91 Å². The first-order valence-electron chi connectivity index (χ1n) is 7.80. The molecule has 1 aliphatic carbocycles. The fourth-order valence-electron chi connectivity index (χ4n) is 2.90. The molecule has 3 rings (SSSR count). The third kappa shape index (κ3) is 2.48. The number of rotatable bonds is 3. The van der Waals surface area contributed by atoms with Gasteiger partial charge in [-0.25, -0.2) is 4.98 Å². The smallest absolute Gasteiger partial charge is 0.243 e. The van der Waals surface area contributed by atoms with Crippen molar-refractivity contribution in [3.05, 3.63) is 11.6 Å². The summed E-state index contributed by atoms with van der Waals surface area (Å²) < 4.78 is 5.72. The summed E-state index contributed by atoms with van der Waals surface area (Å²) >= 11 is 0. The Morgan fingerprint density at radius 1 is 1.55 bits per heavy atom. The van der Waals surface area contributed by atoms with Crippen molar-refractivity contribution in [1.82, 2.24) is 20.1 Å². The minimum atomic E-state index is -0.799. The van der Waals surface area contributed by atoms with Gasteiger partial charge in [-0.2, -0.15) is 10.4 Å². The number of aromatic nitrogens is 3. The van der Waals surface area contributed by atoms with Gasteiger partial charge in [0.15, 0.2) is 11.6 Å². The number of morpholine rings is 1. The van der Waals surface area contributed by atoms with E-state index < -0.39 is 5.41 Å². The summed E-state index contributed by atoms with van der Waals surface area (Å²) in [4.78, 5) is 18.8. The summed E-state index contributed by atoms with van der Waals surface area (Å²) in [6, 6.07) is 2.22. The number of ether oxygens (including phenoxy) is 1. The second kappa shape index (κ2) is 5.69. The van der Waals surface area contributed by atoms with E-state index >= 15 is 0 Å². The molecule has 7 heteroatoms. The largest absolute Gasteiger partial charge is 0.367 e. The molecule has 1 N–H and O–H groups in total. The molecule has 1 saturated heterocycles. The SMILES string of the molecule is CC(C)c1n[nH]c(C2CN(C(=O)C3(C#N)CCC3)CCO2)n1. The number of aromatic amines is 1. The number of nitrogens with zero attached hydrogens (tertiary/aromatic N) is 4. The maximum Gasteiger partial charge on any atom is 0.243 e. The number of carbonyl (C=O) groups excluding carboxylic acids is 1. The van der Waals surface area contributed by atoms with Crippen molar-refractivity contribution in [2.24, 2.45) is 5.41 Å². The van der Waals surface area contributed by atoms with Gasteiger partial charge in [-0.3, -0.25) is 9.89 Å². The zero-order valence-electron chi connectivity index (χ0n) is 13.0. The molecule has 1 aliphatic heterocycles. The highest BCUT2D eigenvalue weighted by atomic mass is 16.5. The predicted molar refractivity (Wildman–Crippen MR) is 77.6 cm³/mol. The van der Waals surface area contributed by atoms with Crippen LogP contribution in [0.2, 0.25) is 0 Å². The minimum Gasteiger partial charge on any atom is -0.367 e. The first-order valence-corrected chi connectivity index (χ1v) is 7.80. The standard InChI is InChI=1S/C15H21N5O2/c1-10(2)12-17-13(19-18-12)11-8-20(6-7-22-11)14(21)15(9-16)4-3-5-15/h10-11H,3-8H2,1-2H3,(H,17,18,19). The number of nitrogens with one attached hydrogen (secondary N) is 1. The number of hydrogen-bond acceptors (Lipinski definition) is 5. The van der Waals surface area contributed by atoms with Crippen molar-refractivity contribution in [1.29, 1.82) is 5.26 Å². The van der Waals surface area contributed by atoms with Gasteiger partial charge >= 0.3 is 0 Å². The summed E-state index contributed by atoms with van der Waals surface area (Å²) in [5.74, 6) is 1.58. The fraction of sp³-hybridized carbons (Fsp3) is 0.733. The van der Waals surface area contributed by atoms with Gasteiger partial charge in [0, 0.05) is 12.5 Å². The van der Waals surface area contributed by atoms with Crippen molar-refractivity contribution in [2.45, 2.75) is 45.1 Å². The van der Waals surface area contributed by atoms with Crippen LogP contribution >= 0.6 is 0 Å². The number of amides is 1. The van der Waals surface area contributed by atoms with Crippen LogP contribution in [0.25, 0.3) is 0 Å². The molecule has 0 aromatic carbocycles. The topological polar surface area (TPSA) is 94.9 Å². The van der Waals surface area contributed by atoms with E-state index in [-0.39, 0.29) is 17.9 Å². The molecule has 2 aliphatic rings. The van der Waals surface area contributed by atoms with Crippen molar-refractivity contribution in [3.8, 4) is 6.07 Å². The molecule has 2 fully saturated rings. The quantitative estimate of drug-likeness (QED) is 0.913. The first-order chi connectivity index (χ1) is 10.6. The number of nitriles is 1. The maximum absolute atomic E-state index is 12.6. The van der Waals surface area contributed by atoms with E-state index in [1.165, 1.54) is 0 Å². The van der Waals surface area contributed by atoms with Gasteiger partial charge in [0.25, 0.3) is 0 Å². The number of H-pyrrole nitrogens is 1. The van der Waals surface area contributed by atoms with E-state index in [9.17, 15) is 10.1 Å². The molecule has 0 spiro atoms. The predicted octanol–water partition coefficient (Wildman–Crippen LogP) is 1.52. The maximum atomic E-state index is 12.6. The molecule has 1 aromatic rings. The summed E-state index contributed by atoms with van der Waals surface area (Å²) in [6.45, 7) is 5.46. The van der Waals surface area contributed by atoms with Crippen LogP contribution in [0.4, 0.5) is 0 Å². The van der Waals surface area contributed by atoms with Gasteiger partial charge in [0.1, 0.15) is 11.5 Å². The van der Waals surface area contributed by atoms with Crippen molar-refractivity contribution in [3.63, 3.8) is 0 Å². The van der Waals surface area contributed by atoms with E-state index in [1.54, 1.807) is 4.90 Å². The highest BCUT2D eigenvalue weighted by molar-refractivity contribution is 5.86. The lowest BCUT2D eigenvalue weighted by Gasteiger charge is -2.40. The molecule has 1 unspecified atom stereocenters. The number of carbonyl (C=O) groups is 1. The Morgan fingerprint density at radius 3 is 2.86 bits per heavy atom. The van der Waals surface area contributed by atoms with E-state index in [4.69, 9.17) is 4.74 Å². The lowest BCUT2D eigenvalue weighted by Crippen LogP contribution is -2.51. The minimum absolute atomic E-state index is 0.0573. The molecule has 1 amide bonds. The molecule has 7 nitrogen and oxygen atoms in total. The van der Waals surface area contributed by atoms with Crippen LogP contribution < -0.4 is 0 Å². The van der Waals surface area contributed by atoms with Crippen LogP contribution in [-0.4, -0.2) is 45.7 Å². The Balaban J connectivity index is 1.71. The zero-order valence-corrected chi connectivity index (χ0v) is 13.0. The van der Waals surface area contributed by atoms with Gasteiger partial charge < -0.3 is 9.64 Å². The zero-order chi connectivity index (χ0) is 15.7. The Morgan fingerprint density at radius 2 is 2.32 bits per heavy atom. The highest BCUT2D eigenvalue weighted by Crippen LogP contribution is 2.42. The summed E-state index contributed by atoms with van der Waals surface area (Å²) in [5, 5.41) is 16.4. The van der Waals surface area contributed by atoms with Gasteiger partial charge in [-0.05, 0) is 19.3 Å². The monoisotopic (exact) mass is 303 g/mol. The normalized spacial score (nSPS) is 23.9. The average Bonchev–Trinajstić information content (AvgIpc) is 2.97. The van der Waals surface area contributed by atoms with E-state index in [0.717, 1.165) is 12.2 Å². The second-order valence-corrected chi connectivity index (χ2v) is 6.39. The fourth-order valence-corrected chi connectivity index (χ4v) is 2.90. The molecular formula is C15H21N5O2. The van der Waals surface area contributed by atoms with Crippen molar-refractivity contribution in [2.75, 3.05) is 19.7 Å². The summed E-state index contributed by atoms with van der Waals surface area (Å²) in [7, 11) is 0. The molecular weight excluding hydrogens is 282 g/mol. The molecule has 0 radical (unpaired) electrons. The van der Waals surface area contributed by atoms with Crippen LogP contribution in [0, 0.1) is 16.7 Å². The molecule has 1 aromatic heterocycles. The van der Waals surface area contributed by atoms with E-state index in [2.05, 4.69) is 21.3 Å². The Hall–Kier alpha value is -1.94. The van der Waals surface area contributed by atoms with Gasteiger partial charge in [-0.1, -0.05) is 13.8 Å². The Bertz CT molecular complexity index is 599. The number of hydrogen-bond donors (Lipinski definition) is 1. The summed E-state index contributed by atoms with van der Waals surface area (Å²) in [5.41, 5.74) is -0.799. The Labute approximate surface area is 129 Å². The molecule has 1 saturated carbocycles. The van der Waals surface area contributed by atoms with E-state index in [0.29, 0.717) is 38.4 Å². The van der Waals surface area contributed by atoms with Crippen LogP contribution in [0.5, 0.6) is 0 Å². The van der Waals surface area contributed by atoms with Crippen LogP contribution in [0.1, 0.15) is 56.8 Å². The molecule has 1 atom stereocenters. The van der Waals surface area contributed by atoms with E-state index in [1.807, 2.05) is 13.8 Å². The second-order valence-electron chi connectivity index (χ2n) is 6.39. The molecule has 22 heavy (non-hydrogen) atoms.